The molecule has 0 spiro atoms. The smallest absolute Gasteiger partial charge is 0.337 e. The Balaban J connectivity index is 2.22. The molecular weight excluding hydrogens is 290 g/mol. The van der Waals surface area contributed by atoms with Crippen molar-refractivity contribution in [1.82, 2.24) is 13.7 Å². The summed E-state index contributed by atoms with van der Waals surface area (Å²) < 4.78 is 13.9. The molecule has 3 unspecified atom stereocenters. The van der Waals surface area contributed by atoms with Crippen LogP contribution in [0, 0.1) is 0 Å². The van der Waals surface area contributed by atoms with Gasteiger partial charge in [0.05, 0.1) is 25.3 Å². The summed E-state index contributed by atoms with van der Waals surface area (Å²) in [5, 5.41) is 0. The van der Waals surface area contributed by atoms with Crippen molar-refractivity contribution in [3.05, 3.63) is 31.5 Å². The Morgan fingerprint density at radius 1 is 0.909 bits per heavy atom. The third kappa shape index (κ3) is 2.36. The van der Waals surface area contributed by atoms with E-state index in [2.05, 4.69) is 0 Å². The molecule has 2 aliphatic rings. The van der Waals surface area contributed by atoms with Crippen LogP contribution in [0.1, 0.15) is 38.8 Å². The SMILES string of the molecule is CCC(C1CO1)n1c(=O)n(C)c(=O)n([C@H](CC)C2CO2)c1=O. The Labute approximate surface area is 126 Å². The van der Waals surface area contributed by atoms with Crippen molar-refractivity contribution >= 4 is 0 Å². The molecule has 8 heteroatoms. The van der Waals surface area contributed by atoms with E-state index in [1.165, 1.54) is 16.2 Å². The maximum atomic E-state index is 12.8. The molecule has 1 aromatic rings. The Bertz CT molecular complexity index is 680. The number of ether oxygens (including phenoxy) is 2. The van der Waals surface area contributed by atoms with Crippen LogP contribution in [-0.4, -0.2) is 39.1 Å². The summed E-state index contributed by atoms with van der Waals surface area (Å²) in [5.41, 5.74) is -1.72. The molecule has 2 aliphatic heterocycles. The van der Waals surface area contributed by atoms with E-state index in [4.69, 9.17) is 9.47 Å². The van der Waals surface area contributed by atoms with Crippen LogP contribution >= 0.6 is 0 Å². The molecule has 3 heterocycles. The van der Waals surface area contributed by atoms with Gasteiger partial charge in [-0.1, -0.05) is 13.8 Å². The summed E-state index contributed by atoms with van der Waals surface area (Å²) in [5.74, 6) is 0. The highest BCUT2D eigenvalue weighted by Gasteiger charge is 2.39. The second-order valence-electron chi connectivity index (χ2n) is 5.84. The zero-order chi connectivity index (χ0) is 16.0. The molecule has 4 atom stereocenters. The minimum absolute atomic E-state index is 0.126. The van der Waals surface area contributed by atoms with E-state index in [0.717, 1.165) is 4.57 Å². The minimum atomic E-state index is -0.583. The maximum absolute atomic E-state index is 12.8. The fraction of sp³-hybridized carbons (Fsp3) is 0.786. The van der Waals surface area contributed by atoms with Gasteiger partial charge >= 0.3 is 17.1 Å². The molecule has 2 saturated heterocycles. The number of hydrogen-bond acceptors (Lipinski definition) is 5. The zero-order valence-electron chi connectivity index (χ0n) is 13.0. The molecule has 22 heavy (non-hydrogen) atoms. The Kier molecular flexibility index (Phi) is 3.82. The average molecular weight is 311 g/mol. The quantitative estimate of drug-likeness (QED) is 0.655. The number of aromatic nitrogens is 3. The first kappa shape index (κ1) is 15.2. The maximum Gasteiger partial charge on any atom is 0.337 e. The van der Waals surface area contributed by atoms with Gasteiger partial charge in [0.1, 0.15) is 12.2 Å². The molecule has 0 saturated carbocycles. The van der Waals surface area contributed by atoms with E-state index in [1.54, 1.807) is 0 Å². The van der Waals surface area contributed by atoms with E-state index >= 15 is 0 Å². The van der Waals surface area contributed by atoms with Gasteiger partial charge in [0, 0.05) is 7.05 Å². The van der Waals surface area contributed by atoms with Gasteiger partial charge in [-0.25, -0.2) is 28.1 Å². The van der Waals surface area contributed by atoms with Crippen LogP contribution in [-0.2, 0) is 16.5 Å². The van der Waals surface area contributed by atoms with Crippen molar-refractivity contribution in [3.63, 3.8) is 0 Å². The molecule has 122 valence electrons. The summed E-state index contributed by atoms with van der Waals surface area (Å²) in [4.78, 5) is 37.7. The molecule has 0 N–H and O–H groups in total. The van der Waals surface area contributed by atoms with E-state index in [1.807, 2.05) is 13.8 Å². The largest absolute Gasteiger partial charge is 0.371 e. The summed E-state index contributed by atoms with van der Waals surface area (Å²) >= 11 is 0. The standard InChI is InChI=1S/C14H21N3O5/c1-4-8(10-6-21-10)16-12(18)15(3)13(19)17(14(16)20)9(5-2)11-7-22-11/h8-11H,4-7H2,1-3H3/t8-,9?,10?,11?/m1/s1. The minimum Gasteiger partial charge on any atom is -0.371 e. The van der Waals surface area contributed by atoms with Gasteiger partial charge in [-0.2, -0.15) is 0 Å². The summed E-state index contributed by atoms with van der Waals surface area (Å²) in [6.45, 7) is 4.87. The van der Waals surface area contributed by atoms with E-state index in [-0.39, 0.29) is 24.3 Å². The fourth-order valence-electron chi connectivity index (χ4n) is 3.03. The lowest BCUT2D eigenvalue weighted by Gasteiger charge is -2.21. The van der Waals surface area contributed by atoms with Gasteiger partial charge in [-0.05, 0) is 12.8 Å². The first-order valence-corrected chi connectivity index (χ1v) is 7.68. The molecule has 0 bridgehead atoms. The first-order valence-electron chi connectivity index (χ1n) is 7.68. The van der Waals surface area contributed by atoms with Crippen molar-refractivity contribution < 1.29 is 9.47 Å². The van der Waals surface area contributed by atoms with E-state index < -0.39 is 17.1 Å². The Morgan fingerprint density at radius 3 is 1.55 bits per heavy atom. The predicted molar refractivity (Wildman–Crippen MR) is 78.3 cm³/mol. The highest BCUT2D eigenvalue weighted by Crippen LogP contribution is 2.27. The molecule has 0 aromatic carbocycles. The Morgan fingerprint density at radius 2 is 1.27 bits per heavy atom. The lowest BCUT2D eigenvalue weighted by Crippen LogP contribution is -2.56. The van der Waals surface area contributed by atoms with E-state index in [0.29, 0.717) is 26.1 Å². The molecule has 2 fully saturated rings. The lowest BCUT2D eigenvalue weighted by atomic mass is 10.1. The molecule has 0 aliphatic carbocycles. The third-order valence-electron chi connectivity index (χ3n) is 4.47. The van der Waals surface area contributed by atoms with Gasteiger partial charge in [0.15, 0.2) is 0 Å². The first-order chi connectivity index (χ1) is 10.5. The van der Waals surface area contributed by atoms with Gasteiger partial charge < -0.3 is 9.47 Å². The normalized spacial score (nSPS) is 25.8. The van der Waals surface area contributed by atoms with Gasteiger partial charge in [0.2, 0.25) is 0 Å². The van der Waals surface area contributed by atoms with Gasteiger partial charge in [-0.15, -0.1) is 0 Å². The summed E-state index contributed by atoms with van der Waals surface area (Å²) in [6, 6.07) is -0.675. The van der Waals surface area contributed by atoms with Crippen LogP contribution in [0.5, 0.6) is 0 Å². The average Bonchev–Trinajstić information content (AvgIpc) is 3.37. The van der Waals surface area contributed by atoms with Crippen LogP contribution < -0.4 is 17.1 Å². The fourth-order valence-corrected chi connectivity index (χ4v) is 3.03. The monoisotopic (exact) mass is 311 g/mol. The zero-order valence-corrected chi connectivity index (χ0v) is 13.0. The molecule has 0 amide bonds. The third-order valence-corrected chi connectivity index (χ3v) is 4.47. The van der Waals surface area contributed by atoms with Crippen LogP contribution in [0.25, 0.3) is 0 Å². The molecular formula is C14H21N3O5. The lowest BCUT2D eigenvalue weighted by molar-refractivity contribution is 0.265. The van der Waals surface area contributed by atoms with Gasteiger partial charge in [-0.3, -0.25) is 0 Å². The molecule has 3 rings (SSSR count). The van der Waals surface area contributed by atoms with Crippen LogP contribution in [0.2, 0.25) is 0 Å². The van der Waals surface area contributed by atoms with Crippen LogP contribution in [0.3, 0.4) is 0 Å². The molecule has 8 nitrogen and oxygen atoms in total. The number of epoxide rings is 2. The van der Waals surface area contributed by atoms with E-state index in [9.17, 15) is 14.4 Å². The second-order valence-corrected chi connectivity index (χ2v) is 5.84. The highest BCUT2D eigenvalue weighted by molar-refractivity contribution is 4.93. The highest BCUT2D eigenvalue weighted by atomic mass is 16.6. The van der Waals surface area contributed by atoms with Crippen LogP contribution in [0.4, 0.5) is 0 Å². The Hall–Kier alpha value is -1.67. The van der Waals surface area contributed by atoms with Crippen molar-refractivity contribution in [1.29, 1.82) is 0 Å². The van der Waals surface area contributed by atoms with Crippen molar-refractivity contribution in [2.75, 3.05) is 13.2 Å². The molecule has 0 radical (unpaired) electrons. The molecule has 1 aromatic heterocycles. The van der Waals surface area contributed by atoms with Crippen LogP contribution in [0.15, 0.2) is 14.4 Å². The van der Waals surface area contributed by atoms with Crippen molar-refractivity contribution in [2.45, 2.75) is 51.0 Å². The van der Waals surface area contributed by atoms with Crippen molar-refractivity contribution in [3.8, 4) is 0 Å². The van der Waals surface area contributed by atoms with Crippen molar-refractivity contribution in [2.24, 2.45) is 7.05 Å². The topological polar surface area (TPSA) is 91.1 Å². The number of nitrogens with zero attached hydrogens (tertiary/aromatic N) is 3. The van der Waals surface area contributed by atoms with Gasteiger partial charge in [0.25, 0.3) is 0 Å². The number of hydrogen-bond donors (Lipinski definition) is 0. The number of rotatable bonds is 6. The predicted octanol–water partition coefficient (Wildman–Crippen LogP) is -0.591. The second kappa shape index (κ2) is 5.51. The summed E-state index contributed by atoms with van der Waals surface area (Å²) in [6.07, 6.45) is 0.931. The summed E-state index contributed by atoms with van der Waals surface area (Å²) in [7, 11) is 1.40.